The number of benzene rings is 3. The van der Waals surface area contributed by atoms with E-state index in [0.29, 0.717) is 22.3 Å². The van der Waals surface area contributed by atoms with Crippen LogP contribution in [0.15, 0.2) is 72.8 Å². The van der Waals surface area contributed by atoms with Crippen molar-refractivity contribution in [3.05, 3.63) is 95.1 Å². The van der Waals surface area contributed by atoms with Gasteiger partial charge in [0.1, 0.15) is 11.5 Å². The molecule has 0 radical (unpaired) electrons. The molecule has 0 fully saturated rings. The van der Waals surface area contributed by atoms with E-state index >= 15 is 0 Å². The van der Waals surface area contributed by atoms with Crippen LogP contribution in [0.1, 0.15) is 68.6 Å². The number of rotatable bonds is 6. The maximum Gasteiger partial charge on any atom is 0.584 e. The van der Waals surface area contributed by atoms with Crippen molar-refractivity contribution in [3.8, 4) is 11.5 Å². The van der Waals surface area contributed by atoms with Crippen molar-refractivity contribution in [2.24, 2.45) is 0 Å². The van der Waals surface area contributed by atoms with E-state index in [0.717, 1.165) is 0 Å². The van der Waals surface area contributed by atoms with Gasteiger partial charge in [-0.3, -0.25) is 9.69 Å². The number of ketones is 1. The van der Waals surface area contributed by atoms with Crippen molar-refractivity contribution in [1.29, 1.82) is 0 Å². The predicted octanol–water partition coefficient (Wildman–Crippen LogP) is 7.07. The Morgan fingerprint density at radius 3 is 1.64 bits per heavy atom. The molecule has 0 saturated heterocycles. The zero-order chi connectivity index (χ0) is 24.4. The second-order valence-corrected chi connectivity index (χ2v) is 11.4. The lowest BCUT2D eigenvalue weighted by atomic mass is 9.77. The lowest BCUT2D eigenvalue weighted by molar-refractivity contribution is 0.103. The molecule has 174 valence electrons. The smallest absolute Gasteiger partial charge is 0.395 e. The maximum atomic E-state index is 13.3. The Hall–Kier alpha value is -2.88. The molecule has 3 aromatic carbocycles. The van der Waals surface area contributed by atoms with Gasteiger partial charge in [0, 0.05) is 22.3 Å². The van der Waals surface area contributed by atoms with Gasteiger partial charge in [-0.05, 0) is 35.1 Å². The van der Waals surface area contributed by atoms with Gasteiger partial charge in [0.05, 0.1) is 0 Å². The molecule has 0 heterocycles. The molecule has 0 bridgehead atoms. The van der Waals surface area contributed by atoms with Crippen molar-refractivity contribution >= 4 is 13.6 Å². The van der Waals surface area contributed by atoms with Gasteiger partial charge >= 0.3 is 7.82 Å². The first kappa shape index (κ1) is 24.8. The summed E-state index contributed by atoms with van der Waals surface area (Å²) in [6.07, 6.45) is 0. The molecule has 0 aliphatic carbocycles. The average Bonchev–Trinajstić information content (AvgIpc) is 2.72. The standard InChI is InChI=1S/C27H31O5P/c1-26(2,3)22-17-20(24(28)19-13-9-7-10-14-19)18-23(27(4,5)6)25(22)32-33(29,30)31-21-15-11-8-12-16-21/h7-18H,1-6H3,(H,29,30). The van der Waals surface area contributed by atoms with Gasteiger partial charge in [0.15, 0.2) is 5.78 Å². The molecule has 0 spiro atoms. The van der Waals surface area contributed by atoms with Gasteiger partial charge in [0.25, 0.3) is 0 Å². The third kappa shape index (κ3) is 6.13. The van der Waals surface area contributed by atoms with Crippen LogP contribution in [0, 0.1) is 0 Å². The summed E-state index contributed by atoms with van der Waals surface area (Å²) in [6, 6.07) is 20.9. The van der Waals surface area contributed by atoms with Gasteiger partial charge < -0.3 is 9.05 Å². The Balaban J connectivity index is 2.16. The Bertz CT molecular complexity index is 1140. The van der Waals surface area contributed by atoms with Crippen molar-refractivity contribution in [1.82, 2.24) is 0 Å². The summed E-state index contributed by atoms with van der Waals surface area (Å²) in [4.78, 5) is 23.9. The summed E-state index contributed by atoms with van der Waals surface area (Å²) in [5.41, 5.74) is 1.43. The third-order valence-electron chi connectivity index (χ3n) is 5.17. The summed E-state index contributed by atoms with van der Waals surface area (Å²) >= 11 is 0. The fourth-order valence-electron chi connectivity index (χ4n) is 3.48. The van der Waals surface area contributed by atoms with Gasteiger partial charge in [-0.2, -0.15) is 0 Å². The zero-order valence-electron chi connectivity index (χ0n) is 20.0. The predicted molar refractivity (Wildman–Crippen MR) is 131 cm³/mol. The Kier molecular flexibility index (Phi) is 6.88. The lowest BCUT2D eigenvalue weighted by Gasteiger charge is -2.31. The summed E-state index contributed by atoms with van der Waals surface area (Å²) < 4.78 is 24.0. The molecular weight excluding hydrogens is 435 g/mol. The van der Waals surface area contributed by atoms with Crippen LogP contribution in [0.25, 0.3) is 0 Å². The first-order valence-corrected chi connectivity index (χ1v) is 12.3. The molecule has 0 saturated carbocycles. The zero-order valence-corrected chi connectivity index (χ0v) is 20.9. The van der Waals surface area contributed by atoms with Crippen LogP contribution < -0.4 is 9.05 Å². The first-order valence-electron chi connectivity index (χ1n) is 10.8. The number of hydrogen-bond acceptors (Lipinski definition) is 4. The average molecular weight is 467 g/mol. The molecule has 6 heteroatoms. The molecule has 33 heavy (non-hydrogen) atoms. The molecule has 3 aromatic rings. The molecule has 0 amide bonds. The van der Waals surface area contributed by atoms with Crippen molar-refractivity contribution in [2.75, 3.05) is 0 Å². The minimum Gasteiger partial charge on any atom is -0.395 e. The molecule has 0 aromatic heterocycles. The topological polar surface area (TPSA) is 72.8 Å². The van der Waals surface area contributed by atoms with Crippen LogP contribution in [0.4, 0.5) is 0 Å². The van der Waals surface area contributed by atoms with Crippen molar-refractivity contribution in [2.45, 2.75) is 52.4 Å². The van der Waals surface area contributed by atoms with E-state index in [2.05, 4.69) is 0 Å². The number of carbonyl (C=O) groups excluding carboxylic acids is 1. The van der Waals surface area contributed by atoms with Gasteiger partial charge in [-0.1, -0.05) is 90.1 Å². The normalized spacial score (nSPS) is 13.8. The Morgan fingerprint density at radius 1 is 0.727 bits per heavy atom. The van der Waals surface area contributed by atoms with E-state index in [1.54, 1.807) is 54.6 Å². The van der Waals surface area contributed by atoms with Crippen molar-refractivity contribution in [3.63, 3.8) is 0 Å². The van der Waals surface area contributed by atoms with Crippen LogP contribution in [0.2, 0.25) is 0 Å². The van der Waals surface area contributed by atoms with Crippen LogP contribution in [0.3, 0.4) is 0 Å². The summed E-state index contributed by atoms with van der Waals surface area (Å²) in [6.45, 7) is 11.8. The van der Waals surface area contributed by atoms with Crippen LogP contribution in [-0.4, -0.2) is 10.7 Å². The van der Waals surface area contributed by atoms with Crippen LogP contribution in [-0.2, 0) is 15.4 Å². The Morgan fingerprint density at radius 2 is 1.18 bits per heavy atom. The lowest BCUT2D eigenvalue weighted by Crippen LogP contribution is -2.21. The largest absolute Gasteiger partial charge is 0.584 e. The number of carbonyl (C=O) groups is 1. The molecule has 1 unspecified atom stereocenters. The second-order valence-electron chi connectivity index (χ2n) is 10.1. The van der Waals surface area contributed by atoms with Gasteiger partial charge in [-0.25, -0.2) is 4.57 Å². The minimum atomic E-state index is -4.51. The van der Waals surface area contributed by atoms with Crippen LogP contribution in [0.5, 0.6) is 11.5 Å². The summed E-state index contributed by atoms with van der Waals surface area (Å²) in [5.74, 6) is 0.376. The van der Waals surface area contributed by atoms with E-state index in [4.69, 9.17) is 9.05 Å². The highest BCUT2D eigenvalue weighted by atomic mass is 31.2. The monoisotopic (exact) mass is 466 g/mol. The molecule has 5 nitrogen and oxygen atoms in total. The molecule has 1 N–H and O–H groups in total. The number of hydrogen-bond donors (Lipinski definition) is 1. The van der Waals surface area contributed by atoms with Gasteiger partial charge in [0.2, 0.25) is 0 Å². The number of phosphoric acid groups is 1. The number of para-hydroxylation sites is 1. The highest BCUT2D eigenvalue weighted by molar-refractivity contribution is 7.48. The molecule has 1 atom stereocenters. The van der Waals surface area contributed by atoms with Crippen molar-refractivity contribution < 1.29 is 23.3 Å². The highest BCUT2D eigenvalue weighted by Gasteiger charge is 2.35. The fourth-order valence-corrected chi connectivity index (χ4v) is 4.33. The van der Waals surface area contributed by atoms with E-state index < -0.39 is 18.7 Å². The molecule has 0 aliphatic rings. The summed E-state index contributed by atoms with van der Waals surface area (Å²) in [5, 5.41) is 0. The van der Waals surface area contributed by atoms with E-state index in [1.807, 2.05) is 59.7 Å². The summed E-state index contributed by atoms with van der Waals surface area (Å²) in [7, 11) is -4.51. The third-order valence-corrected chi connectivity index (χ3v) is 6.03. The van der Waals surface area contributed by atoms with E-state index in [9.17, 15) is 14.3 Å². The molecule has 3 rings (SSSR count). The van der Waals surface area contributed by atoms with E-state index in [1.165, 1.54) is 0 Å². The Labute approximate surface area is 196 Å². The minimum absolute atomic E-state index is 0.120. The maximum absolute atomic E-state index is 13.3. The highest BCUT2D eigenvalue weighted by Crippen LogP contribution is 2.50. The quantitative estimate of drug-likeness (QED) is 0.311. The molecule has 0 aliphatic heterocycles. The molecular formula is C27H31O5P. The first-order chi connectivity index (χ1) is 15.3. The van der Waals surface area contributed by atoms with Gasteiger partial charge in [-0.15, -0.1) is 0 Å². The van der Waals surface area contributed by atoms with Crippen LogP contribution >= 0.6 is 7.82 Å². The SMILES string of the molecule is CC(C)(C)c1cc(C(=O)c2ccccc2)cc(C(C)(C)C)c1OP(=O)(O)Oc1ccccc1. The second kappa shape index (κ2) is 9.17. The number of phosphoric ester groups is 1. The fraction of sp³-hybridized carbons (Fsp3) is 0.296. The van der Waals surface area contributed by atoms with E-state index in [-0.39, 0.29) is 17.3 Å².